The molecule has 3 aromatic rings. The predicted molar refractivity (Wildman–Crippen MR) is 128 cm³/mol. The molecule has 1 aliphatic rings. The molecule has 1 N–H and O–H groups in total. The summed E-state index contributed by atoms with van der Waals surface area (Å²) in [4.78, 5) is 24.7. The lowest BCUT2D eigenvalue weighted by Crippen LogP contribution is -2.28. The van der Waals surface area contributed by atoms with Crippen molar-refractivity contribution in [3.05, 3.63) is 92.9 Å². The second kappa shape index (κ2) is 9.56. The summed E-state index contributed by atoms with van der Waals surface area (Å²) in [6, 6.07) is 15.2. The van der Waals surface area contributed by atoms with Crippen LogP contribution in [0.3, 0.4) is 0 Å². The zero-order chi connectivity index (χ0) is 22.7. The van der Waals surface area contributed by atoms with Gasteiger partial charge in [0.2, 0.25) is 0 Å². The second-order valence-corrected chi connectivity index (χ2v) is 9.04. The second-order valence-electron chi connectivity index (χ2n) is 9.04. The van der Waals surface area contributed by atoms with Crippen LogP contribution >= 0.6 is 0 Å². The summed E-state index contributed by atoms with van der Waals surface area (Å²) >= 11 is 0. The lowest BCUT2D eigenvalue weighted by Gasteiger charge is -2.26. The Morgan fingerprint density at radius 3 is 2.59 bits per heavy atom. The van der Waals surface area contributed by atoms with Gasteiger partial charge in [-0.1, -0.05) is 62.7 Å². The van der Waals surface area contributed by atoms with E-state index in [-0.39, 0.29) is 5.43 Å². The predicted octanol–water partition coefficient (Wildman–Crippen LogP) is 5.73. The molecule has 0 saturated heterocycles. The van der Waals surface area contributed by atoms with E-state index in [9.17, 15) is 14.7 Å². The Hall–Kier alpha value is -3.14. The Labute approximate surface area is 189 Å². The van der Waals surface area contributed by atoms with Crippen LogP contribution in [-0.2, 0) is 25.8 Å². The van der Waals surface area contributed by atoms with E-state index in [4.69, 9.17) is 0 Å². The SMILES string of the molecule is CCCCc1cn(Cc2ccc(-c3ccccc3C(=O)O)cc2)c2c(c1=O)CC(C)CC2. The fourth-order valence-electron chi connectivity index (χ4n) is 4.76. The topological polar surface area (TPSA) is 59.3 Å². The highest BCUT2D eigenvalue weighted by atomic mass is 16.4. The number of fused-ring (bicyclic) bond motifs is 1. The molecule has 1 atom stereocenters. The summed E-state index contributed by atoms with van der Waals surface area (Å²) in [5, 5.41) is 9.49. The Morgan fingerprint density at radius 1 is 1.12 bits per heavy atom. The summed E-state index contributed by atoms with van der Waals surface area (Å²) in [5.41, 5.74) is 6.48. The van der Waals surface area contributed by atoms with E-state index >= 15 is 0 Å². The summed E-state index contributed by atoms with van der Waals surface area (Å²) in [7, 11) is 0. The van der Waals surface area contributed by atoms with Crippen LogP contribution in [0.2, 0.25) is 0 Å². The molecule has 0 aliphatic heterocycles. The normalized spacial score (nSPS) is 15.4. The lowest BCUT2D eigenvalue weighted by atomic mass is 9.86. The molecule has 166 valence electrons. The van der Waals surface area contributed by atoms with Crippen LogP contribution in [0.4, 0.5) is 0 Å². The Morgan fingerprint density at radius 2 is 1.88 bits per heavy atom. The molecule has 4 rings (SSSR count). The molecule has 2 aromatic carbocycles. The fraction of sp³-hybridized carbons (Fsp3) is 0.357. The summed E-state index contributed by atoms with van der Waals surface area (Å²) in [5.74, 6) is -0.364. The minimum atomic E-state index is -0.918. The average Bonchev–Trinajstić information content (AvgIpc) is 2.80. The number of hydrogen-bond acceptors (Lipinski definition) is 2. The molecule has 0 saturated carbocycles. The van der Waals surface area contributed by atoms with Crippen molar-refractivity contribution in [2.24, 2.45) is 5.92 Å². The third kappa shape index (κ3) is 4.55. The molecule has 4 heteroatoms. The van der Waals surface area contributed by atoms with Gasteiger partial charge in [0.05, 0.1) is 5.56 Å². The van der Waals surface area contributed by atoms with Crippen LogP contribution in [0, 0.1) is 5.92 Å². The fourth-order valence-corrected chi connectivity index (χ4v) is 4.76. The average molecular weight is 430 g/mol. The quantitative estimate of drug-likeness (QED) is 0.522. The van der Waals surface area contributed by atoms with Crippen molar-refractivity contribution in [1.82, 2.24) is 4.57 Å². The third-order valence-electron chi connectivity index (χ3n) is 6.57. The maximum atomic E-state index is 13.1. The van der Waals surface area contributed by atoms with E-state index in [0.29, 0.717) is 11.5 Å². The number of nitrogens with zero attached hydrogens (tertiary/aromatic N) is 1. The van der Waals surface area contributed by atoms with E-state index in [1.54, 1.807) is 12.1 Å². The van der Waals surface area contributed by atoms with Crippen molar-refractivity contribution in [2.75, 3.05) is 0 Å². The molecule has 32 heavy (non-hydrogen) atoms. The summed E-state index contributed by atoms with van der Waals surface area (Å²) in [6.07, 6.45) is 7.96. The van der Waals surface area contributed by atoms with Gasteiger partial charge in [0.15, 0.2) is 5.43 Å². The van der Waals surface area contributed by atoms with Crippen molar-refractivity contribution >= 4 is 5.97 Å². The lowest BCUT2D eigenvalue weighted by molar-refractivity contribution is 0.0697. The Balaban J connectivity index is 1.66. The number of unbranched alkanes of at least 4 members (excludes halogenated alkanes) is 1. The van der Waals surface area contributed by atoms with Gasteiger partial charge in [-0.25, -0.2) is 4.79 Å². The van der Waals surface area contributed by atoms with Crippen LogP contribution in [-0.4, -0.2) is 15.6 Å². The molecule has 1 unspecified atom stereocenters. The number of pyridine rings is 1. The molecule has 1 aromatic heterocycles. The zero-order valence-electron chi connectivity index (χ0n) is 18.9. The van der Waals surface area contributed by atoms with Crippen LogP contribution < -0.4 is 5.43 Å². The molecule has 1 aliphatic carbocycles. The first-order chi connectivity index (χ1) is 15.5. The Kier molecular flexibility index (Phi) is 6.59. The van der Waals surface area contributed by atoms with E-state index in [1.165, 1.54) is 5.69 Å². The highest BCUT2D eigenvalue weighted by Gasteiger charge is 2.22. The largest absolute Gasteiger partial charge is 0.478 e. The van der Waals surface area contributed by atoms with Crippen molar-refractivity contribution in [3.8, 4) is 11.1 Å². The van der Waals surface area contributed by atoms with Gasteiger partial charge in [0, 0.05) is 29.6 Å². The van der Waals surface area contributed by atoms with Crippen molar-refractivity contribution < 1.29 is 9.90 Å². The van der Waals surface area contributed by atoms with Crippen LogP contribution in [0.15, 0.2) is 59.5 Å². The minimum Gasteiger partial charge on any atom is -0.478 e. The van der Waals surface area contributed by atoms with Gasteiger partial charge in [0.1, 0.15) is 0 Å². The summed E-state index contributed by atoms with van der Waals surface area (Å²) < 4.78 is 2.29. The molecule has 0 radical (unpaired) electrons. The summed E-state index contributed by atoms with van der Waals surface area (Å²) in [6.45, 7) is 5.11. The first-order valence-corrected chi connectivity index (χ1v) is 11.6. The molecule has 0 bridgehead atoms. The molecule has 0 spiro atoms. The minimum absolute atomic E-state index is 0.261. The van der Waals surface area contributed by atoms with Gasteiger partial charge in [-0.15, -0.1) is 0 Å². The van der Waals surface area contributed by atoms with Crippen molar-refractivity contribution in [1.29, 1.82) is 0 Å². The smallest absolute Gasteiger partial charge is 0.336 e. The van der Waals surface area contributed by atoms with E-state index in [1.807, 2.05) is 24.3 Å². The van der Waals surface area contributed by atoms with Crippen LogP contribution in [0.1, 0.15) is 65.9 Å². The third-order valence-corrected chi connectivity index (χ3v) is 6.57. The van der Waals surface area contributed by atoms with Gasteiger partial charge in [0.25, 0.3) is 0 Å². The highest BCUT2D eigenvalue weighted by molar-refractivity contribution is 5.95. The number of benzene rings is 2. The highest BCUT2D eigenvalue weighted by Crippen LogP contribution is 2.27. The van der Waals surface area contributed by atoms with Gasteiger partial charge in [-0.3, -0.25) is 4.79 Å². The number of carboxylic acid groups (broad SMARTS) is 1. The first kappa shape index (κ1) is 22.1. The van der Waals surface area contributed by atoms with E-state index in [2.05, 4.69) is 36.7 Å². The molecule has 0 fully saturated rings. The monoisotopic (exact) mass is 429 g/mol. The number of aromatic nitrogens is 1. The van der Waals surface area contributed by atoms with Gasteiger partial charge >= 0.3 is 5.97 Å². The number of aromatic carboxylic acids is 1. The standard InChI is InChI=1S/C28H31NO3/c1-3-4-7-22-18-29(26-15-10-19(2)16-25(26)27(22)30)17-20-11-13-21(14-12-20)23-8-5-6-9-24(23)28(31)32/h5-6,8-9,11-14,18-19H,3-4,7,10,15-17H2,1-2H3,(H,31,32). The number of hydrogen-bond donors (Lipinski definition) is 1. The maximum Gasteiger partial charge on any atom is 0.336 e. The maximum absolute atomic E-state index is 13.1. The van der Waals surface area contributed by atoms with Gasteiger partial charge in [-0.05, 0) is 60.8 Å². The van der Waals surface area contributed by atoms with Crippen molar-refractivity contribution in [3.63, 3.8) is 0 Å². The van der Waals surface area contributed by atoms with E-state index < -0.39 is 5.97 Å². The molecule has 1 heterocycles. The molecule has 4 nitrogen and oxygen atoms in total. The number of carbonyl (C=O) groups is 1. The van der Waals surface area contributed by atoms with Crippen molar-refractivity contribution in [2.45, 2.75) is 58.9 Å². The molecular formula is C28H31NO3. The van der Waals surface area contributed by atoms with Gasteiger partial charge < -0.3 is 9.67 Å². The van der Waals surface area contributed by atoms with E-state index in [0.717, 1.165) is 72.9 Å². The number of rotatable bonds is 7. The zero-order valence-corrected chi connectivity index (χ0v) is 18.9. The molecular weight excluding hydrogens is 398 g/mol. The number of aryl methyl sites for hydroxylation is 1. The van der Waals surface area contributed by atoms with Crippen LogP contribution in [0.25, 0.3) is 11.1 Å². The van der Waals surface area contributed by atoms with Gasteiger partial charge in [-0.2, -0.15) is 0 Å². The van der Waals surface area contributed by atoms with Crippen LogP contribution in [0.5, 0.6) is 0 Å². The Bertz CT molecular complexity index is 1170. The first-order valence-electron chi connectivity index (χ1n) is 11.6. The molecule has 0 amide bonds. The number of carboxylic acids is 1.